The number of carbonyl (C=O) groups excluding carboxylic acids is 1. The first kappa shape index (κ1) is 18.1. The number of carbonyl (C=O) groups is 1. The molecule has 0 spiro atoms. The van der Waals surface area contributed by atoms with Crippen molar-refractivity contribution < 1.29 is 4.79 Å². The molecule has 1 N–H and O–H groups in total. The standard InChI is InChI=1S/C20H19N5O2S/c26-18(5-8-25-14-23-19-17(20(25)27)6-10-28-19)22-11-15-1-3-16(4-2-15)12-24-9-7-21-13-24/h1-4,6-7,9-10,13-14H,5,8,11-12H2,(H,22,26). The average molecular weight is 393 g/mol. The van der Waals surface area contributed by atoms with Crippen LogP contribution in [0.15, 0.2) is 65.6 Å². The van der Waals surface area contributed by atoms with Crippen LogP contribution in [0.2, 0.25) is 0 Å². The maximum Gasteiger partial charge on any atom is 0.262 e. The fourth-order valence-corrected chi connectivity index (χ4v) is 3.64. The van der Waals surface area contributed by atoms with Gasteiger partial charge in [0.05, 0.1) is 18.0 Å². The van der Waals surface area contributed by atoms with E-state index in [2.05, 4.69) is 15.3 Å². The van der Waals surface area contributed by atoms with E-state index in [0.29, 0.717) is 18.5 Å². The molecule has 3 aromatic heterocycles. The Morgan fingerprint density at radius 3 is 2.71 bits per heavy atom. The number of rotatable bonds is 7. The van der Waals surface area contributed by atoms with E-state index in [0.717, 1.165) is 16.9 Å². The Bertz CT molecular complexity index is 1130. The first-order valence-corrected chi connectivity index (χ1v) is 9.80. The van der Waals surface area contributed by atoms with Crippen molar-refractivity contribution in [3.63, 3.8) is 0 Å². The molecule has 7 nitrogen and oxygen atoms in total. The maximum absolute atomic E-state index is 12.3. The lowest BCUT2D eigenvalue weighted by Crippen LogP contribution is -2.27. The summed E-state index contributed by atoms with van der Waals surface area (Å²) in [5.41, 5.74) is 2.09. The third-order valence-electron chi connectivity index (χ3n) is 4.47. The molecule has 142 valence electrons. The molecule has 4 rings (SSSR count). The van der Waals surface area contributed by atoms with Crippen LogP contribution in [0, 0.1) is 0 Å². The van der Waals surface area contributed by atoms with Gasteiger partial charge in [-0.25, -0.2) is 9.97 Å². The average Bonchev–Trinajstić information content (AvgIpc) is 3.39. The van der Waals surface area contributed by atoms with Gasteiger partial charge in [0.15, 0.2) is 0 Å². The summed E-state index contributed by atoms with van der Waals surface area (Å²) in [4.78, 5) is 33.5. The van der Waals surface area contributed by atoms with Gasteiger partial charge in [0.1, 0.15) is 4.83 Å². The van der Waals surface area contributed by atoms with Gasteiger partial charge in [-0.15, -0.1) is 11.3 Å². The number of hydrogen-bond acceptors (Lipinski definition) is 5. The van der Waals surface area contributed by atoms with Crippen molar-refractivity contribution in [3.8, 4) is 0 Å². The van der Waals surface area contributed by atoms with Gasteiger partial charge in [-0.3, -0.25) is 14.2 Å². The topological polar surface area (TPSA) is 81.8 Å². The molecule has 1 amide bonds. The van der Waals surface area contributed by atoms with Gasteiger partial charge in [-0.2, -0.15) is 0 Å². The lowest BCUT2D eigenvalue weighted by molar-refractivity contribution is -0.121. The Kier molecular flexibility index (Phi) is 5.29. The van der Waals surface area contributed by atoms with Crippen molar-refractivity contribution in [2.75, 3.05) is 0 Å². The molecule has 1 aromatic carbocycles. The van der Waals surface area contributed by atoms with Crippen molar-refractivity contribution in [1.29, 1.82) is 0 Å². The molecule has 4 aromatic rings. The number of imidazole rings is 1. The van der Waals surface area contributed by atoms with Crippen LogP contribution < -0.4 is 10.9 Å². The Morgan fingerprint density at radius 2 is 1.93 bits per heavy atom. The van der Waals surface area contributed by atoms with Crippen LogP contribution in [0.4, 0.5) is 0 Å². The van der Waals surface area contributed by atoms with E-state index in [4.69, 9.17) is 0 Å². The summed E-state index contributed by atoms with van der Waals surface area (Å²) >= 11 is 1.43. The fraction of sp³-hybridized carbons (Fsp3) is 0.200. The summed E-state index contributed by atoms with van der Waals surface area (Å²) in [6.45, 7) is 1.54. The van der Waals surface area contributed by atoms with Crippen LogP contribution in [0.3, 0.4) is 0 Å². The van der Waals surface area contributed by atoms with Crippen LogP contribution in [0.1, 0.15) is 17.5 Å². The smallest absolute Gasteiger partial charge is 0.262 e. The summed E-state index contributed by atoms with van der Waals surface area (Å²) < 4.78 is 3.49. The van der Waals surface area contributed by atoms with Crippen molar-refractivity contribution in [2.24, 2.45) is 0 Å². The molecule has 28 heavy (non-hydrogen) atoms. The third-order valence-corrected chi connectivity index (χ3v) is 5.29. The highest BCUT2D eigenvalue weighted by atomic mass is 32.1. The zero-order chi connectivity index (χ0) is 19.3. The SMILES string of the molecule is O=C(CCn1cnc2sccc2c1=O)NCc1ccc(Cn2ccnc2)cc1. The highest BCUT2D eigenvalue weighted by Gasteiger charge is 2.07. The van der Waals surface area contributed by atoms with Crippen LogP contribution >= 0.6 is 11.3 Å². The van der Waals surface area contributed by atoms with Gasteiger partial charge in [0.2, 0.25) is 5.91 Å². The number of fused-ring (bicyclic) bond motifs is 1. The molecule has 0 bridgehead atoms. The number of thiophene rings is 1. The van der Waals surface area contributed by atoms with Crippen molar-refractivity contribution >= 4 is 27.5 Å². The van der Waals surface area contributed by atoms with Crippen molar-refractivity contribution in [3.05, 3.63) is 82.2 Å². The number of nitrogens with one attached hydrogen (secondary N) is 1. The van der Waals surface area contributed by atoms with Crippen LogP contribution in [0.25, 0.3) is 10.2 Å². The highest BCUT2D eigenvalue weighted by molar-refractivity contribution is 7.16. The lowest BCUT2D eigenvalue weighted by Gasteiger charge is -2.08. The van der Waals surface area contributed by atoms with E-state index >= 15 is 0 Å². The first-order valence-electron chi connectivity index (χ1n) is 8.92. The van der Waals surface area contributed by atoms with E-state index in [1.165, 1.54) is 27.8 Å². The monoisotopic (exact) mass is 393 g/mol. The summed E-state index contributed by atoms with van der Waals surface area (Å²) in [5, 5.41) is 5.34. The molecule has 0 unspecified atom stereocenters. The minimum Gasteiger partial charge on any atom is -0.352 e. The van der Waals surface area contributed by atoms with Crippen LogP contribution in [0.5, 0.6) is 0 Å². The predicted octanol–water partition coefficient (Wildman–Crippen LogP) is 2.41. The van der Waals surface area contributed by atoms with Gasteiger partial charge in [0, 0.05) is 38.4 Å². The van der Waals surface area contributed by atoms with Gasteiger partial charge in [-0.05, 0) is 22.6 Å². The summed E-state index contributed by atoms with van der Waals surface area (Å²) in [5.74, 6) is -0.0974. The molecular weight excluding hydrogens is 374 g/mol. The van der Waals surface area contributed by atoms with E-state index in [-0.39, 0.29) is 17.9 Å². The minimum atomic E-state index is -0.104. The maximum atomic E-state index is 12.3. The molecular formula is C20H19N5O2S. The van der Waals surface area contributed by atoms with E-state index in [1.54, 1.807) is 18.6 Å². The Morgan fingerprint density at radius 1 is 1.11 bits per heavy atom. The van der Waals surface area contributed by atoms with Crippen LogP contribution in [-0.4, -0.2) is 25.0 Å². The number of aromatic nitrogens is 4. The molecule has 0 fully saturated rings. The summed E-state index contributed by atoms with van der Waals surface area (Å²) in [6, 6.07) is 9.87. The number of hydrogen-bond donors (Lipinski definition) is 1. The second-order valence-electron chi connectivity index (χ2n) is 6.46. The molecule has 0 atom stereocenters. The number of aryl methyl sites for hydroxylation is 1. The summed E-state index contributed by atoms with van der Waals surface area (Å²) in [6.07, 6.45) is 7.20. The second-order valence-corrected chi connectivity index (χ2v) is 7.36. The molecule has 0 aliphatic heterocycles. The van der Waals surface area contributed by atoms with Gasteiger partial charge in [-0.1, -0.05) is 24.3 Å². The molecule has 0 saturated carbocycles. The zero-order valence-corrected chi connectivity index (χ0v) is 15.9. The van der Waals surface area contributed by atoms with Crippen molar-refractivity contribution in [1.82, 2.24) is 24.4 Å². The Hall–Kier alpha value is -3.26. The molecule has 8 heteroatoms. The Labute approximate surface area is 165 Å². The quantitative estimate of drug-likeness (QED) is 0.523. The third kappa shape index (κ3) is 4.17. The highest BCUT2D eigenvalue weighted by Crippen LogP contribution is 2.13. The molecule has 0 radical (unpaired) electrons. The largest absolute Gasteiger partial charge is 0.352 e. The second kappa shape index (κ2) is 8.18. The normalized spacial score (nSPS) is 11.0. The van der Waals surface area contributed by atoms with Gasteiger partial charge < -0.3 is 9.88 Å². The number of nitrogens with zero attached hydrogens (tertiary/aromatic N) is 4. The van der Waals surface area contributed by atoms with Gasteiger partial charge >= 0.3 is 0 Å². The number of benzene rings is 1. The Balaban J connectivity index is 1.28. The zero-order valence-electron chi connectivity index (χ0n) is 15.1. The molecule has 3 heterocycles. The lowest BCUT2D eigenvalue weighted by atomic mass is 10.1. The van der Waals surface area contributed by atoms with E-state index in [1.807, 2.05) is 40.4 Å². The minimum absolute atomic E-state index is 0.0974. The van der Waals surface area contributed by atoms with Crippen LogP contribution in [-0.2, 0) is 24.4 Å². The van der Waals surface area contributed by atoms with Crippen molar-refractivity contribution in [2.45, 2.75) is 26.1 Å². The number of amides is 1. The fourth-order valence-electron chi connectivity index (χ4n) is 2.92. The van der Waals surface area contributed by atoms with E-state index < -0.39 is 0 Å². The molecule has 0 aliphatic rings. The molecule has 0 aliphatic carbocycles. The molecule has 0 saturated heterocycles. The van der Waals surface area contributed by atoms with E-state index in [9.17, 15) is 9.59 Å². The predicted molar refractivity (Wildman–Crippen MR) is 108 cm³/mol. The summed E-state index contributed by atoms with van der Waals surface area (Å²) in [7, 11) is 0. The first-order chi connectivity index (χ1) is 13.7. The van der Waals surface area contributed by atoms with Gasteiger partial charge in [0.25, 0.3) is 5.56 Å².